The lowest BCUT2D eigenvalue weighted by Crippen LogP contribution is -2.32. The Labute approximate surface area is 164 Å². The molecule has 0 saturated heterocycles. The first-order valence-electron chi connectivity index (χ1n) is 8.15. The van der Waals surface area contributed by atoms with E-state index in [9.17, 15) is 26.4 Å². The fraction of sp³-hybridized carbons (Fsp3) is 0.312. The summed E-state index contributed by atoms with van der Waals surface area (Å²) < 4.78 is 66.1. The van der Waals surface area contributed by atoms with Crippen molar-refractivity contribution in [2.75, 3.05) is 12.9 Å². The van der Waals surface area contributed by atoms with E-state index in [2.05, 4.69) is 14.8 Å². The Bertz CT molecular complexity index is 1280. The van der Waals surface area contributed by atoms with Crippen LogP contribution in [0, 0.1) is 0 Å². The van der Waals surface area contributed by atoms with Gasteiger partial charge in [-0.05, 0) is 12.1 Å². The maximum absolute atomic E-state index is 13.3. The van der Waals surface area contributed by atoms with Crippen LogP contribution in [0.2, 0.25) is 0 Å². The predicted octanol–water partition coefficient (Wildman–Crippen LogP) is 0.462. The number of hydrogen-bond acceptors (Lipinski definition) is 6. The molecule has 0 aromatic carbocycles. The van der Waals surface area contributed by atoms with Crippen molar-refractivity contribution >= 4 is 34.2 Å². The number of nitrogens with zero attached hydrogens (tertiary/aromatic N) is 4. The molecule has 0 N–H and O–H groups in total. The third kappa shape index (κ3) is 3.39. The van der Waals surface area contributed by atoms with Gasteiger partial charge in [0.1, 0.15) is 26.2 Å². The minimum Gasteiger partial charge on any atom is -0.413 e. The molecular weight excluding hydrogens is 412 g/mol. The maximum Gasteiger partial charge on any atom is 0.435 e. The zero-order valence-electron chi connectivity index (χ0n) is 15.5. The number of aromatic nitrogens is 4. The number of sulfone groups is 1. The summed E-state index contributed by atoms with van der Waals surface area (Å²) in [4.78, 5) is 25.0. The quantitative estimate of drug-likeness (QED) is 0.563. The van der Waals surface area contributed by atoms with Gasteiger partial charge in [0.2, 0.25) is 0 Å². The molecule has 29 heavy (non-hydrogen) atoms. The maximum atomic E-state index is 13.3. The van der Waals surface area contributed by atoms with Crippen LogP contribution in [-0.2, 0) is 23.1 Å². The molecule has 152 valence electrons. The lowest BCUT2D eigenvalue weighted by Gasteiger charge is -2.13. The second-order valence-electron chi connectivity index (χ2n) is 6.06. The average molecular weight is 426 g/mol. The fourth-order valence-electron chi connectivity index (χ4n) is 2.88. The van der Waals surface area contributed by atoms with Crippen molar-refractivity contribution in [2.24, 2.45) is 7.05 Å². The van der Waals surface area contributed by atoms with Gasteiger partial charge in [-0.15, -0.1) is 4.73 Å². The van der Waals surface area contributed by atoms with E-state index in [1.165, 1.54) is 30.8 Å². The first-order valence-corrected chi connectivity index (χ1v) is 9.80. The summed E-state index contributed by atoms with van der Waals surface area (Å²) in [7, 11) is 4.14. The van der Waals surface area contributed by atoms with Crippen LogP contribution in [0.15, 0.2) is 28.0 Å². The zero-order valence-corrected chi connectivity index (χ0v) is 16.3. The molecule has 0 atom stereocenters. The molecule has 3 aromatic rings. The summed E-state index contributed by atoms with van der Waals surface area (Å²) in [6, 6.07) is 1.84. The van der Waals surface area contributed by atoms with Crippen LogP contribution in [0.4, 0.5) is 13.2 Å². The fourth-order valence-corrected chi connectivity index (χ4v) is 3.94. The monoisotopic (exact) mass is 426 g/mol. The SMILES string of the molecule is [B]c1cnc(-c2nc3cc(C(F)(F)F)n(OC)c(=O)c3n2C)c(S(=O)(=O)CC)c1. The molecule has 3 aromatic heterocycles. The van der Waals surface area contributed by atoms with Gasteiger partial charge in [0.05, 0.1) is 16.2 Å². The number of halogens is 3. The molecule has 8 nitrogen and oxygen atoms in total. The molecule has 0 unspecified atom stereocenters. The standard InChI is InChI=1S/C16H14BF3N4O4S/c1-4-29(26,27)10-5-8(17)7-21-12(10)14-22-9-6-11(16(18,19)20)24(28-3)15(25)13(9)23(14)2/h5-7H,4H2,1-3H3. The summed E-state index contributed by atoms with van der Waals surface area (Å²) in [5.74, 6) is -0.366. The largest absolute Gasteiger partial charge is 0.435 e. The molecule has 2 radical (unpaired) electrons. The molecular formula is C16H14BF3N4O4S. The summed E-state index contributed by atoms with van der Waals surface area (Å²) in [6.07, 6.45) is -3.69. The van der Waals surface area contributed by atoms with Crippen LogP contribution >= 0.6 is 0 Å². The number of imidazole rings is 1. The lowest BCUT2D eigenvalue weighted by atomic mass is 9.99. The zero-order chi connectivity index (χ0) is 21.7. The van der Waals surface area contributed by atoms with Crippen LogP contribution in [0.3, 0.4) is 0 Å². The van der Waals surface area contributed by atoms with E-state index in [1.807, 2.05) is 0 Å². The Kier molecular flexibility index (Phi) is 4.97. The third-order valence-electron chi connectivity index (χ3n) is 4.28. The van der Waals surface area contributed by atoms with Crippen LogP contribution in [0.25, 0.3) is 22.6 Å². The van der Waals surface area contributed by atoms with Gasteiger partial charge in [-0.2, -0.15) is 13.2 Å². The highest BCUT2D eigenvalue weighted by Gasteiger charge is 2.37. The van der Waals surface area contributed by atoms with Crippen LogP contribution in [-0.4, -0.2) is 48.4 Å². The molecule has 3 heterocycles. The van der Waals surface area contributed by atoms with Gasteiger partial charge in [0, 0.05) is 13.2 Å². The average Bonchev–Trinajstić information content (AvgIpc) is 2.97. The Morgan fingerprint density at radius 3 is 2.48 bits per heavy atom. The Balaban J connectivity index is 2.42. The summed E-state index contributed by atoms with van der Waals surface area (Å²) in [5.41, 5.74) is -3.00. The molecule has 0 saturated carbocycles. The summed E-state index contributed by atoms with van der Waals surface area (Å²) >= 11 is 0. The van der Waals surface area contributed by atoms with Crippen molar-refractivity contribution in [1.29, 1.82) is 0 Å². The molecule has 0 spiro atoms. The van der Waals surface area contributed by atoms with E-state index in [0.717, 1.165) is 7.11 Å². The van der Waals surface area contributed by atoms with Gasteiger partial charge in [-0.3, -0.25) is 9.78 Å². The smallest absolute Gasteiger partial charge is 0.413 e. The van der Waals surface area contributed by atoms with E-state index >= 15 is 0 Å². The molecule has 0 aliphatic carbocycles. The number of rotatable bonds is 4. The second-order valence-corrected chi connectivity index (χ2v) is 8.30. The van der Waals surface area contributed by atoms with Gasteiger partial charge in [0.15, 0.2) is 21.4 Å². The van der Waals surface area contributed by atoms with Gasteiger partial charge in [-0.25, -0.2) is 13.4 Å². The van der Waals surface area contributed by atoms with Crippen molar-refractivity contribution in [1.82, 2.24) is 19.3 Å². The van der Waals surface area contributed by atoms with Crippen LogP contribution in [0.1, 0.15) is 12.6 Å². The minimum atomic E-state index is -4.88. The molecule has 0 fully saturated rings. The first kappa shape index (κ1) is 20.9. The first-order chi connectivity index (χ1) is 13.4. The highest BCUT2D eigenvalue weighted by Crippen LogP contribution is 2.31. The normalized spacial score (nSPS) is 12.5. The molecule has 13 heteroatoms. The predicted molar refractivity (Wildman–Crippen MR) is 98.8 cm³/mol. The molecule has 3 rings (SSSR count). The van der Waals surface area contributed by atoms with Crippen molar-refractivity contribution < 1.29 is 26.4 Å². The molecule has 0 aliphatic rings. The molecule has 0 amide bonds. The van der Waals surface area contributed by atoms with Gasteiger partial charge >= 0.3 is 11.7 Å². The number of alkyl halides is 3. The summed E-state index contributed by atoms with van der Waals surface area (Å²) in [5, 5.41) is 0. The topological polar surface area (TPSA) is 96.1 Å². The van der Waals surface area contributed by atoms with Crippen molar-refractivity contribution in [3.63, 3.8) is 0 Å². The number of fused-ring (bicyclic) bond motifs is 1. The Morgan fingerprint density at radius 1 is 1.28 bits per heavy atom. The number of aryl methyl sites for hydroxylation is 1. The molecule has 0 aliphatic heterocycles. The van der Waals surface area contributed by atoms with Crippen LogP contribution in [0.5, 0.6) is 0 Å². The van der Waals surface area contributed by atoms with Gasteiger partial charge in [-0.1, -0.05) is 12.4 Å². The second kappa shape index (κ2) is 6.90. The van der Waals surface area contributed by atoms with Crippen molar-refractivity contribution in [3.8, 4) is 11.5 Å². The third-order valence-corrected chi connectivity index (χ3v) is 6.02. The van der Waals surface area contributed by atoms with E-state index < -0.39 is 27.3 Å². The van der Waals surface area contributed by atoms with E-state index in [0.29, 0.717) is 6.07 Å². The lowest BCUT2D eigenvalue weighted by molar-refractivity contribution is -0.151. The highest BCUT2D eigenvalue weighted by atomic mass is 32.2. The number of pyridine rings is 2. The Morgan fingerprint density at radius 2 is 1.93 bits per heavy atom. The van der Waals surface area contributed by atoms with Gasteiger partial charge in [0.25, 0.3) is 0 Å². The number of hydrogen-bond donors (Lipinski definition) is 0. The highest BCUT2D eigenvalue weighted by molar-refractivity contribution is 7.91. The van der Waals surface area contributed by atoms with Crippen molar-refractivity contribution in [3.05, 3.63) is 34.4 Å². The van der Waals surface area contributed by atoms with Gasteiger partial charge < -0.3 is 9.40 Å². The minimum absolute atomic E-state index is 0.0839. The van der Waals surface area contributed by atoms with Crippen LogP contribution < -0.4 is 15.9 Å². The van der Waals surface area contributed by atoms with E-state index in [1.54, 1.807) is 0 Å². The molecule has 0 bridgehead atoms. The Hall–Kier alpha value is -2.83. The van der Waals surface area contributed by atoms with Crippen molar-refractivity contribution in [2.45, 2.75) is 18.0 Å². The van der Waals surface area contributed by atoms with E-state index in [-0.39, 0.29) is 43.4 Å². The van der Waals surface area contributed by atoms with E-state index in [4.69, 9.17) is 7.85 Å². The summed E-state index contributed by atoms with van der Waals surface area (Å²) in [6.45, 7) is 1.42.